The molecule has 118 valence electrons. The molecule has 4 nitrogen and oxygen atoms in total. The molecule has 0 heterocycles. The largest absolute Gasteiger partial charge is 0.487 e. The van der Waals surface area contributed by atoms with E-state index in [1.54, 1.807) is 25.1 Å². The van der Waals surface area contributed by atoms with E-state index in [0.29, 0.717) is 17.9 Å². The maximum atomic E-state index is 11.0. The maximum Gasteiger partial charge on any atom is 0.313 e. The van der Waals surface area contributed by atoms with E-state index in [2.05, 4.69) is 15.9 Å². The molecular weight excluding hydrogens is 334 g/mol. The Bertz CT molecular complexity index is 438. The van der Waals surface area contributed by atoms with E-state index in [-0.39, 0.29) is 10.6 Å². The smallest absolute Gasteiger partial charge is 0.313 e. The van der Waals surface area contributed by atoms with Crippen molar-refractivity contribution in [2.75, 3.05) is 11.9 Å². The highest BCUT2D eigenvalue weighted by molar-refractivity contribution is 9.09. The Kier molecular flexibility index (Phi) is 9.06. The van der Waals surface area contributed by atoms with Gasteiger partial charge in [0.05, 0.1) is 11.5 Å². The summed E-state index contributed by atoms with van der Waals surface area (Å²) in [5.74, 6) is 0.386. The molecule has 1 aromatic carbocycles. The summed E-state index contributed by atoms with van der Waals surface area (Å²) >= 11 is 3.43. The van der Waals surface area contributed by atoms with Gasteiger partial charge in [-0.15, -0.1) is 0 Å². The Morgan fingerprint density at radius 3 is 2.33 bits per heavy atom. The number of hydrogen-bond acceptors (Lipinski definition) is 3. The van der Waals surface area contributed by atoms with Gasteiger partial charge < -0.3 is 4.74 Å². The van der Waals surface area contributed by atoms with Crippen LogP contribution in [-0.4, -0.2) is 16.9 Å². The Morgan fingerprint density at radius 2 is 1.71 bits per heavy atom. The van der Waals surface area contributed by atoms with E-state index in [9.17, 15) is 10.1 Å². The number of nitro benzene ring substituents is 1. The third-order valence-electron chi connectivity index (χ3n) is 3.42. The highest BCUT2D eigenvalue weighted by Gasteiger charge is 2.17. The highest BCUT2D eigenvalue weighted by Crippen LogP contribution is 2.30. The lowest BCUT2D eigenvalue weighted by Crippen LogP contribution is -2.01. The normalized spacial score (nSPS) is 10.6. The molecule has 0 N–H and O–H groups in total. The predicted octanol–water partition coefficient (Wildman–Crippen LogP) is 5.41. The van der Waals surface area contributed by atoms with E-state index in [1.807, 2.05) is 0 Å². The van der Waals surface area contributed by atoms with Gasteiger partial charge in [-0.2, -0.15) is 0 Å². The highest BCUT2D eigenvalue weighted by atomic mass is 79.9. The van der Waals surface area contributed by atoms with Gasteiger partial charge in [0.1, 0.15) is 0 Å². The first-order chi connectivity index (χ1) is 10.2. The zero-order valence-corrected chi connectivity index (χ0v) is 14.2. The number of ether oxygens (including phenoxy) is 1. The Labute approximate surface area is 135 Å². The predicted molar refractivity (Wildman–Crippen MR) is 89.4 cm³/mol. The standard InChI is InChI=1S/C16H24BrNO3/c1-14-10-9-11-15(16(14)18(19)20)21-13-8-6-4-2-3-5-7-12-17/h9-11H,2-8,12-13H2,1H3. The minimum Gasteiger partial charge on any atom is -0.487 e. The van der Waals surface area contributed by atoms with Crippen LogP contribution in [0.25, 0.3) is 0 Å². The Hall–Kier alpha value is -1.10. The number of rotatable bonds is 11. The van der Waals surface area contributed by atoms with Crippen LogP contribution in [0.3, 0.4) is 0 Å². The minimum atomic E-state index is -0.367. The van der Waals surface area contributed by atoms with Crippen molar-refractivity contribution in [1.29, 1.82) is 0 Å². The summed E-state index contributed by atoms with van der Waals surface area (Å²) in [5, 5.41) is 12.1. The number of halogens is 1. The number of alkyl halides is 1. The molecule has 0 aliphatic rings. The summed E-state index contributed by atoms with van der Waals surface area (Å²) < 4.78 is 5.58. The van der Waals surface area contributed by atoms with Crippen molar-refractivity contribution in [1.82, 2.24) is 0 Å². The van der Waals surface area contributed by atoms with Gasteiger partial charge in [-0.3, -0.25) is 10.1 Å². The summed E-state index contributed by atoms with van der Waals surface area (Å²) in [6.07, 6.45) is 8.36. The second-order valence-corrected chi connectivity index (χ2v) is 5.98. The molecule has 0 aliphatic heterocycles. The molecule has 0 spiro atoms. The topological polar surface area (TPSA) is 52.4 Å². The number of benzene rings is 1. The lowest BCUT2D eigenvalue weighted by Gasteiger charge is -2.08. The fraction of sp³-hybridized carbons (Fsp3) is 0.625. The quantitative estimate of drug-likeness (QED) is 0.230. The van der Waals surface area contributed by atoms with Crippen LogP contribution in [0.4, 0.5) is 5.69 Å². The molecule has 0 fully saturated rings. The Balaban J connectivity index is 2.21. The molecule has 1 aromatic rings. The second kappa shape index (κ2) is 10.6. The van der Waals surface area contributed by atoms with Crippen LogP contribution < -0.4 is 4.74 Å². The summed E-state index contributed by atoms with van der Waals surface area (Å²) in [6, 6.07) is 5.20. The van der Waals surface area contributed by atoms with Crippen LogP contribution >= 0.6 is 15.9 Å². The van der Waals surface area contributed by atoms with Gasteiger partial charge in [0.15, 0.2) is 5.75 Å². The van der Waals surface area contributed by atoms with Crippen LogP contribution in [0.5, 0.6) is 5.75 Å². The fourth-order valence-corrected chi connectivity index (χ4v) is 2.64. The monoisotopic (exact) mass is 357 g/mol. The van der Waals surface area contributed by atoms with Crippen molar-refractivity contribution in [3.63, 3.8) is 0 Å². The molecule has 0 radical (unpaired) electrons. The van der Waals surface area contributed by atoms with Crippen LogP contribution in [0.2, 0.25) is 0 Å². The molecule has 21 heavy (non-hydrogen) atoms. The molecule has 0 amide bonds. The van der Waals surface area contributed by atoms with Gasteiger partial charge in [0.25, 0.3) is 0 Å². The van der Waals surface area contributed by atoms with Crippen molar-refractivity contribution in [2.45, 2.75) is 51.9 Å². The fourth-order valence-electron chi connectivity index (χ4n) is 2.25. The van der Waals surface area contributed by atoms with Crippen molar-refractivity contribution in [3.05, 3.63) is 33.9 Å². The van der Waals surface area contributed by atoms with E-state index < -0.39 is 0 Å². The van der Waals surface area contributed by atoms with Crippen molar-refractivity contribution >= 4 is 21.6 Å². The minimum absolute atomic E-state index is 0.0901. The van der Waals surface area contributed by atoms with Crippen LogP contribution in [0, 0.1) is 17.0 Å². The van der Waals surface area contributed by atoms with Crippen LogP contribution in [-0.2, 0) is 0 Å². The number of nitro groups is 1. The first kappa shape index (κ1) is 18.0. The summed E-state index contributed by atoms with van der Waals surface area (Å²) in [4.78, 5) is 10.7. The van der Waals surface area contributed by atoms with Crippen LogP contribution in [0.15, 0.2) is 18.2 Å². The van der Waals surface area contributed by atoms with Gasteiger partial charge in [-0.05, 0) is 25.8 Å². The molecular formula is C16H24BrNO3. The van der Waals surface area contributed by atoms with Gasteiger partial charge in [0.2, 0.25) is 0 Å². The van der Waals surface area contributed by atoms with Crippen molar-refractivity contribution in [3.8, 4) is 5.75 Å². The second-order valence-electron chi connectivity index (χ2n) is 5.19. The summed E-state index contributed by atoms with van der Waals surface area (Å²) in [6.45, 7) is 2.28. The van der Waals surface area contributed by atoms with E-state index in [1.165, 1.54) is 32.1 Å². The van der Waals surface area contributed by atoms with Gasteiger partial charge in [0, 0.05) is 10.9 Å². The number of para-hydroxylation sites is 1. The number of nitrogens with zero attached hydrogens (tertiary/aromatic N) is 1. The number of hydrogen-bond donors (Lipinski definition) is 0. The molecule has 0 aliphatic carbocycles. The number of aryl methyl sites for hydroxylation is 1. The first-order valence-electron chi connectivity index (χ1n) is 7.59. The molecule has 0 aromatic heterocycles. The molecule has 0 atom stereocenters. The average molecular weight is 358 g/mol. The zero-order valence-electron chi connectivity index (χ0n) is 12.6. The molecule has 5 heteroatoms. The summed E-state index contributed by atoms with van der Waals surface area (Å²) in [5.41, 5.74) is 0.733. The first-order valence-corrected chi connectivity index (χ1v) is 8.71. The molecule has 0 unspecified atom stereocenters. The lowest BCUT2D eigenvalue weighted by atomic mass is 10.1. The van der Waals surface area contributed by atoms with Gasteiger partial charge in [-0.1, -0.05) is 60.2 Å². The van der Waals surface area contributed by atoms with E-state index >= 15 is 0 Å². The molecule has 0 saturated carbocycles. The van der Waals surface area contributed by atoms with Gasteiger partial charge >= 0.3 is 5.69 Å². The van der Waals surface area contributed by atoms with E-state index in [4.69, 9.17) is 4.74 Å². The van der Waals surface area contributed by atoms with E-state index in [0.717, 1.165) is 18.2 Å². The number of unbranched alkanes of at least 4 members (excludes halogenated alkanes) is 6. The molecule has 0 bridgehead atoms. The van der Waals surface area contributed by atoms with Crippen LogP contribution in [0.1, 0.15) is 50.5 Å². The third kappa shape index (κ3) is 6.93. The maximum absolute atomic E-state index is 11.0. The average Bonchev–Trinajstić information content (AvgIpc) is 2.45. The summed E-state index contributed by atoms with van der Waals surface area (Å²) in [7, 11) is 0. The van der Waals surface area contributed by atoms with Crippen molar-refractivity contribution in [2.24, 2.45) is 0 Å². The molecule has 1 rings (SSSR count). The molecule has 0 saturated heterocycles. The van der Waals surface area contributed by atoms with Crippen molar-refractivity contribution < 1.29 is 9.66 Å². The zero-order chi connectivity index (χ0) is 15.5. The third-order valence-corrected chi connectivity index (χ3v) is 3.98. The van der Waals surface area contributed by atoms with Gasteiger partial charge in [-0.25, -0.2) is 0 Å². The Morgan fingerprint density at radius 1 is 1.10 bits per heavy atom. The SMILES string of the molecule is Cc1cccc(OCCCCCCCCCBr)c1[N+](=O)[O-]. The lowest BCUT2D eigenvalue weighted by molar-refractivity contribution is -0.386.